The summed E-state index contributed by atoms with van der Waals surface area (Å²) in [5, 5.41) is 23.8. The lowest BCUT2D eigenvalue weighted by Crippen LogP contribution is -2.16. The number of aromatic nitrogens is 2. The Bertz CT molecular complexity index is 1270. The van der Waals surface area contributed by atoms with E-state index in [9.17, 15) is 14.7 Å². The molecule has 2 amide bonds. The van der Waals surface area contributed by atoms with Crippen LogP contribution in [0, 0.1) is 0 Å². The lowest BCUT2D eigenvalue weighted by atomic mass is 10.00. The van der Waals surface area contributed by atoms with Gasteiger partial charge in [0.05, 0.1) is 12.6 Å². The first-order valence-electron chi connectivity index (χ1n) is 10.8. The second-order valence-corrected chi connectivity index (χ2v) is 7.82. The highest BCUT2D eigenvalue weighted by molar-refractivity contribution is 6.03. The molecule has 0 aliphatic rings. The Hall–Kier alpha value is -4.43. The van der Waals surface area contributed by atoms with Crippen LogP contribution in [-0.4, -0.2) is 27.1 Å². The number of anilines is 2. The number of carbonyl (C=O) groups is 2. The van der Waals surface area contributed by atoms with E-state index in [-0.39, 0.29) is 12.3 Å². The van der Waals surface area contributed by atoms with Crippen LogP contribution in [0.4, 0.5) is 11.4 Å². The van der Waals surface area contributed by atoms with Gasteiger partial charge in [-0.15, -0.1) is 0 Å². The Morgan fingerprint density at radius 3 is 2.41 bits per heavy atom. The number of hydrogen-bond donors (Lipinski definition) is 5. The van der Waals surface area contributed by atoms with Gasteiger partial charge in [-0.3, -0.25) is 14.7 Å². The van der Waals surface area contributed by atoms with Gasteiger partial charge in [-0.05, 0) is 29.3 Å². The van der Waals surface area contributed by atoms with Gasteiger partial charge in [-0.25, -0.2) is 0 Å². The third-order valence-corrected chi connectivity index (χ3v) is 5.38. The van der Waals surface area contributed by atoms with Gasteiger partial charge in [-0.2, -0.15) is 5.10 Å². The Morgan fingerprint density at radius 1 is 0.971 bits per heavy atom. The van der Waals surface area contributed by atoms with Crippen molar-refractivity contribution in [1.29, 1.82) is 0 Å². The summed E-state index contributed by atoms with van der Waals surface area (Å²) in [6, 6.07) is 23.8. The molecule has 1 heterocycles. The van der Waals surface area contributed by atoms with E-state index in [2.05, 4.69) is 20.8 Å². The number of aliphatic hydroxyl groups excluding tert-OH is 1. The number of para-hydroxylation sites is 1. The summed E-state index contributed by atoms with van der Waals surface area (Å²) >= 11 is 0. The van der Waals surface area contributed by atoms with Crippen LogP contribution < -0.4 is 16.4 Å². The van der Waals surface area contributed by atoms with Gasteiger partial charge >= 0.3 is 0 Å². The molecule has 4 aromatic rings. The smallest absolute Gasteiger partial charge is 0.274 e. The molecule has 172 valence electrons. The first-order valence-corrected chi connectivity index (χ1v) is 10.8. The van der Waals surface area contributed by atoms with E-state index in [1.54, 1.807) is 30.5 Å². The molecule has 0 bridgehead atoms. The van der Waals surface area contributed by atoms with Crippen molar-refractivity contribution in [2.24, 2.45) is 5.73 Å². The number of nitrogens with one attached hydrogen (secondary N) is 3. The van der Waals surface area contributed by atoms with Crippen LogP contribution in [0.15, 0.2) is 85.1 Å². The third-order valence-electron chi connectivity index (χ3n) is 5.38. The van der Waals surface area contributed by atoms with Gasteiger partial charge in [-0.1, -0.05) is 60.7 Å². The maximum Gasteiger partial charge on any atom is 0.274 e. The van der Waals surface area contributed by atoms with Crippen molar-refractivity contribution < 1.29 is 14.7 Å². The molecule has 0 aliphatic heterocycles. The minimum absolute atomic E-state index is 0.144. The maximum absolute atomic E-state index is 12.8. The molecule has 0 saturated carbocycles. The number of primary amides is 1. The Morgan fingerprint density at radius 2 is 1.68 bits per heavy atom. The number of amides is 2. The van der Waals surface area contributed by atoms with E-state index in [1.807, 2.05) is 54.6 Å². The van der Waals surface area contributed by atoms with Crippen molar-refractivity contribution in [2.45, 2.75) is 19.1 Å². The molecule has 8 nitrogen and oxygen atoms in total. The quantitative estimate of drug-likeness (QED) is 0.264. The second-order valence-electron chi connectivity index (χ2n) is 7.82. The summed E-state index contributed by atoms with van der Waals surface area (Å²) in [7, 11) is 0. The fraction of sp³-hybridized carbons (Fsp3) is 0.115. The van der Waals surface area contributed by atoms with E-state index < -0.39 is 12.0 Å². The molecular weight excluding hydrogens is 430 g/mol. The van der Waals surface area contributed by atoms with Crippen LogP contribution in [0.1, 0.15) is 38.8 Å². The van der Waals surface area contributed by atoms with Crippen molar-refractivity contribution in [3.8, 4) is 0 Å². The van der Waals surface area contributed by atoms with Crippen LogP contribution in [0.2, 0.25) is 0 Å². The van der Waals surface area contributed by atoms with E-state index in [4.69, 9.17) is 5.73 Å². The monoisotopic (exact) mass is 455 g/mol. The number of nitrogens with two attached hydrogens (primary N) is 1. The zero-order chi connectivity index (χ0) is 23.9. The van der Waals surface area contributed by atoms with Crippen molar-refractivity contribution >= 4 is 23.2 Å². The molecule has 0 fully saturated rings. The highest BCUT2D eigenvalue weighted by Crippen LogP contribution is 2.28. The molecule has 0 radical (unpaired) electrons. The number of H-pyrrole nitrogens is 1. The normalized spacial score (nSPS) is 11.6. The van der Waals surface area contributed by atoms with Crippen LogP contribution in [0.3, 0.4) is 0 Å². The molecule has 1 atom stereocenters. The highest BCUT2D eigenvalue weighted by Gasteiger charge is 2.17. The first-order chi connectivity index (χ1) is 16.5. The van der Waals surface area contributed by atoms with E-state index in [0.717, 1.165) is 22.4 Å². The predicted molar refractivity (Wildman–Crippen MR) is 130 cm³/mol. The molecule has 34 heavy (non-hydrogen) atoms. The van der Waals surface area contributed by atoms with Gasteiger partial charge in [0.15, 0.2) is 0 Å². The molecule has 0 aliphatic carbocycles. The van der Waals surface area contributed by atoms with E-state index in [1.165, 1.54) is 0 Å². The van der Waals surface area contributed by atoms with Crippen molar-refractivity contribution in [2.75, 3.05) is 10.6 Å². The summed E-state index contributed by atoms with van der Waals surface area (Å²) in [5.74, 6) is -0.751. The number of nitrogens with zero attached hydrogens (tertiary/aromatic N) is 1. The average Bonchev–Trinajstić information content (AvgIpc) is 3.33. The molecular formula is C26H25N5O3. The number of rotatable bonds is 9. The molecule has 8 heteroatoms. The first kappa shape index (κ1) is 22.8. The lowest BCUT2D eigenvalue weighted by molar-refractivity contribution is -0.117. The van der Waals surface area contributed by atoms with Gasteiger partial charge in [0.2, 0.25) is 5.91 Å². The highest BCUT2D eigenvalue weighted by atomic mass is 16.3. The lowest BCUT2D eigenvalue weighted by Gasteiger charge is -2.17. The number of benzene rings is 3. The van der Waals surface area contributed by atoms with Crippen LogP contribution in [0.5, 0.6) is 0 Å². The molecule has 1 aromatic heterocycles. The molecule has 6 N–H and O–H groups in total. The summed E-state index contributed by atoms with van der Waals surface area (Å²) < 4.78 is 0. The Labute approximate surface area is 196 Å². The minimum atomic E-state index is -0.783. The van der Waals surface area contributed by atoms with Gasteiger partial charge < -0.3 is 21.5 Å². The van der Waals surface area contributed by atoms with Gasteiger partial charge in [0.1, 0.15) is 11.8 Å². The Balaban J connectivity index is 1.44. The van der Waals surface area contributed by atoms with Crippen molar-refractivity contribution in [3.05, 3.63) is 113 Å². The summed E-state index contributed by atoms with van der Waals surface area (Å²) in [4.78, 5) is 23.8. The number of hydrogen-bond acceptors (Lipinski definition) is 5. The Kier molecular flexibility index (Phi) is 7.00. The van der Waals surface area contributed by atoms with E-state index in [0.29, 0.717) is 23.5 Å². The molecule has 1 unspecified atom stereocenters. The van der Waals surface area contributed by atoms with Gasteiger partial charge in [0.25, 0.3) is 5.91 Å². The number of aliphatic hydroxyl groups is 1. The summed E-state index contributed by atoms with van der Waals surface area (Å²) in [6.07, 6.45) is 0.952. The standard InChI is InChI=1S/C26H25N5O3/c27-23(32)14-17-10-12-20(13-11-17)30-26(34)24-19(16-29-31-24)15-28-22-9-5-4-8-21(22)25(33)18-6-2-1-3-7-18/h1-13,16,25,28,33H,14-15H2,(H2,27,32)(H,29,31)(H,30,34). The SMILES string of the molecule is NC(=O)Cc1ccc(NC(=O)c2[nH]ncc2CNc2ccccc2C(O)c2ccccc2)cc1. The van der Waals surface area contributed by atoms with Crippen LogP contribution in [0.25, 0.3) is 0 Å². The van der Waals surface area contributed by atoms with Crippen molar-refractivity contribution in [1.82, 2.24) is 10.2 Å². The predicted octanol–water partition coefficient (Wildman–Crippen LogP) is 3.38. The maximum atomic E-state index is 12.8. The summed E-state index contributed by atoms with van der Waals surface area (Å²) in [6.45, 7) is 0.329. The number of aromatic amines is 1. The minimum Gasteiger partial charge on any atom is -0.384 e. The van der Waals surface area contributed by atoms with Crippen LogP contribution >= 0.6 is 0 Å². The molecule has 0 saturated heterocycles. The average molecular weight is 456 g/mol. The summed E-state index contributed by atoms with van der Waals surface area (Å²) in [5.41, 5.74) is 9.86. The topological polar surface area (TPSA) is 133 Å². The largest absolute Gasteiger partial charge is 0.384 e. The van der Waals surface area contributed by atoms with Crippen molar-refractivity contribution in [3.63, 3.8) is 0 Å². The molecule has 0 spiro atoms. The molecule has 4 rings (SSSR count). The van der Waals surface area contributed by atoms with Crippen LogP contribution in [-0.2, 0) is 17.8 Å². The second kappa shape index (κ2) is 10.5. The third kappa shape index (κ3) is 5.48. The fourth-order valence-corrected chi connectivity index (χ4v) is 3.64. The zero-order valence-electron chi connectivity index (χ0n) is 18.4. The van der Waals surface area contributed by atoms with E-state index >= 15 is 0 Å². The zero-order valence-corrected chi connectivity index (χ0v) is 18.4. The molecule has 3 aromatic carbocycles. The number of carbonyl (C=O) groups excluding carboxylic acids is 2. The fourth-order valence-electron chi connectivity index (χ4n) is 3.64. The van der Waals surface area contributed by atoms with Gasteiger partial charge in [0, 0.05) is 29.0 Å².